The lowest BCUT2D eigenvalue weighted by Gasteiger charge is -2.09. The summed E-state index contributed by atoms with van der Waals surface area (Å²) in [5.74, 6) is 0.00912. The Hall–Kier alpha value is -0.870. The van der Waals surface area contributed by atoms with Crippen molar-refractivity contribution < 1.29 is 9.53 Å². The van der Waals surface area contributed by atoms with Crippen LogP contribution in [0.2, 0.25) is 0 Å². The Kier molecular flexibility index (Phi) is 3.38. The summed E-state index contributed by atoms with van der Waals surface area (Å²) >= 11 is 1.60. The topological polar surface area (TPSA) is 38.3 Å². The van der Waals surface area contributed by atoms with E-state index in [2.05, 4.69) is 5.32 Å². The van der Waals surface area contributed by atoms with E-state index in [0.29, 0.717) is 6.54 Å². The summed E-state index contributed by atoms with van der Waals surface area (Å²) in [5.41, 5.74) is 0.760. The van der Waals surface area contributed by atoms with E-state index in [1.54, 1.807) is 11.3 Å². The molecule has 1 aromatic rings. The Morgan fingerprint density at radius 3 is 3.20 bits per heavy atom. The van der Waals surface area contributed by atoms with Crippen LogP contribution in [0.15, 0.2) is 11.4 Å². The average molecular weight is 225 g/mol. The van der Waals surface area contributed by atoms with Gasteiger partial charge in [0.1, 0.15) is 0 Å². The van der Waals surface area contributed by atoms with Gasteiger partial charge in [0.2, 0.25) is 0 Å². The van der Waals surface area contributed by atoms with Crippen molar-refractivity contribution in [1.29, 1.82) is 0 Å². The second kappa shape index (κ2) is 4.77. The molecule has 2 heterocycles. The normalized spacial score (nSPS) is 20.5. The predicted octanol–water partition coefficient (Wildman–Crippen LogP) is 1.97. The van der Waals surface area contributed by atoms with Crippen LogP contribution in [0, 0.1) is 6.92 Å². The quantitative estimate of drug-likeness (QED) is 0.854. The second-order valence-corrected chi connectivity index (χ2v) is 4.91. The van der Waals surface area contributed by atoms with Crippen LogP contribution in [0.4, 0.5) is 0 Å². The third-order valence-corrected chi connectivity index (χ3v) is 3.37. The molecule has 15 heavy (non-hydrogen) atoms. The van der Waals surface area contributed by atoms with Gasteiger partial charge in [0.15, 0.2) is 0 Å². The van der Waals surface area contributed by atoms with Crippen molar-refractivity contribution in [2.24, 2.45) is 0 Å². The van der Waals surface area contributed by atoms with Crippen LogP contribution in [-0.4, -0.2) is 25.2 Å². The van der Waals surface area contributed by atoms with Crippen LogP contribution in [0.5, 0.6) is 0 Å². The first kappa shape index (κ1) is 10.6. The Morgan fingerprint density at radius 2 is 2.60 bits per heavy atom. The van der Waals surface area contributed by atoms with Crippen molar-refractivity contribution in [2.75, 3.05) is 13.2 Å². The SMILES string of the molecule is Cc1cc(C(=O)NC[C@H]2CCCO2)cs1. The maximum atomic E-state index is 11.7. The number of rotatable bonds is 3. The zero-order valence-corrected chi connectivity index (χ0v) is 9.60. The number of nitrogens with one attached hydrogen (secondary N) is 1. The standard InChI is InChI=1S/C11H15NO2S/c1-8-5-9(7-15-8)11(13)12-6-10-3-2-4-14-10/h5,7,10H,2-4,6H2,1H3,(H,12,13)/t10-/m1/s1. The third-order valence-electron chi connectivity index (χ3n) is 2.51. The van der Waals surface area contributed by atoms with Gasteiger partial charge < -0.3 is 10.1 Å². The molecular formula is C11H15NO2S. The van der Waals surface area contributed by atoms with Crippen molar-refractivity contribution in [3.05, 3.63) is 21.9 Å². The van der Waals surface area contributed by atoms with Crippen LogP contribution >= 0.6 is 11.3 Å². The molecule has 0 aliphatic carbocycles. The van der Waals surface area contributed by atoms with Gasteiger partial charge in [-0.2, -0.15) is 0 Å². The fraction of sp³-hybridized carbons (Fsp3) is 0.545. The molecule has 1 aromatic heterocycles. The Morgan fingerprint density at radius 1 is 1.73 bits per heavy atom. The summed E-state index contributed by atoms with van der Waals surface area (Å²) < 4.78 is 5.43. The van der Waals surface area contributed by atoms with Crippen molar-refractivity contribution in [2.45, 2.75) is 25.9 Å². The number of hydrogen-bond acceptors (Lipinski definition) is 3. The molecule has 0 spiro atoms. The molecule has 0 aromatic carbocycles. The summed E-state index contributed by atoms with van der Waals surface area (Å²) in [6.45, 7) is 3.47. The first-order valence-electron chi connectivity index (χ1n) is 5.20. The van der Waals surface area contributed by atoms with Crippen molar-refractivity contribution >= 4 is 17.2 Å². The number of thiophene rings is 1. The minimum absolute atomic E-state index is 0.00912. The fourth-order valence-corrected chi connectivity index (χ4v) is 2.36. The van der Waals surface area contributed by atoms with E-state index >= 15 is 0 Å². The fourth-order valence-electron chi connectivity index (χ4n) is 1.68. The highest BCUT2D eigenvalue weighted by Crippen LogP contribution is 2.14. The molecule has 82 valence electrons. The number of aryl methyl sites for hydroxylation is 1. The summed E-state index contributed by atoms with van der Waals surface area (Å²) in [5, 5.41) is 4.79. The molecule has 4 heteroatoms. The zero-order chi connectivity index (χ0) is 10.7. The van der Waals surface area contributed by atoms with Crippen LogP contribution < -0.4 is 5.32 Å². The maximum absolute atomic E-state index is 11.7. The minimum atomic E-state index is 0.00912. The molecule has 0 radical (unpaired) electrons. The highest BCUT2D eigenvalue weighted by atomic mass is 32.1. The van der Waals surface area contributed by atoms with E-state index in [4.69, 9.17) is 4.74 Å². The largest absolute Gasteiger partial charge is 0.376 e. The molecular weight excluding hydrogens is 210 g/mol. The van der Waals surface area contributed by atoms with Crippen LogP contribution in [0.1, 0.15) is 28.1 Å². The van der Waals surface area contributed by atoms with Gasteiger partial charge >= 0.3 is 0 Å². The minimum Gasteiger partial charge on any atom is -0.376 e. The monoisotopic (exact) mass is 225 g/mol. The first-order chi connectivity index (χ1) is 7.25. The Balaban J connectivity index is 1.81. The van der Waals surface area contributed by atoms with Crippen LogP contribution in [-0.2, 0) is 4.74 Å². The molecule has 1 aliphatic heterocycles. The number of ether oxygens (including phenoxy) is 1. The van der Waals surface area contributed by atoms with E-state index in [-0.39, 0.29) is 12.0 Å². The highest BCUT2D eigenvalue weighted by Gasteiger charge is 2.16. The molecule has 1 N–H and O–H groups in total. The van der Waals surface area contributed by atoms with Crippen molar-refractivity contribution in [1.82, 2.24) is 5.32 Å². The molecule has 1 fully saturated rings. The van der Waals surface area contributed by atoms with Crippen molar-refractivity contribution in [3.63, 3.8) is 0 Å². The second-order valence-electron chi connectivity index (χ2n) is 3.79. The van der Waals surface area contributed by atoms with Crippen LogP contribution in [0.25, 0.3) is 0 Å². The Labute approximate surface area is 93.4 Å². The molecule has 0 saturated carbocycles. The van der Waals surface area contributed by atoms with Gasteiger partial charge in [0.25, 0.3) is 5.91 Å². The van der Waals surface area contributed by atoms with E-state index in [1.165, 1.54) is 0 Å². The van der Waals surface area contributed by atoms with E-state index < -0.39 is 0 Å². The van der Waals surface area contributed by atoms with Gasteiger partial charge in [-0.25, -0.2) is 0 Å². The molecule has 0 bridgehead atoms. The van der Waals surface area contributed by atoms with Gasteiger partial charge in [-0.1, -0.05) is 0 Å². The summed E-state index contributed by atoms with van der Waals surface area (Å²) in [6, 6.07) is 1.91. The van der Waals surface area contributed by atoms with Gasteiger partial charge in [0.05, 0.1) is 11.7 Å². The number of hydrogen-bond donors (Lipinski definition) is 1. The lowest BCUT2D eigenvalue weighted by molar-refractivity contribution is 0.0858. The van der Waals surface area contributed by atoms with Gasteiger partial charge in [-0.05, 0) is 25.8 Å². The van der Waals surface area contributed by atoms with Crippen LogP contribution in [0.3, 0.4) is 0 Å². The predicted molar refractivity (Wildman–Crippen MR) is 60.4 cm³/mol. The molecule has 1 saturated heterocycles. The number of carbonyl (C=O) groups is 1. The average Bonchev–Trinajstić information content (AvgIpc) is 2.84. The van der Waals surface area contributed by atoms with Gasteiger partial charge in [0, 0.05) is 23.4 Å². The smallest absolute Gasteiger partial charge is 0.252 e. The highest BCUT2D eigenvalue weighted by molar-refractivity contribution is 7.10. The summed E-state index contributed by atoms with van der Waals surface area (Å²) in [6.07, 6.45) is 2.38. The lowest BCUT2D eigenvalue weighted by Crippen LogP contribution is -2.31. The zero-order valence-electron chi connectivity index (χ0n) is 8.79. The molecule has 1 aliphatic rings. The number of carbonyl (C=O) groups excluding carboxylic acids is 1. The van der Waals surface area contributed by atoms with Gasteiger partial charge in [-0.3, -0.25) is 4.79 Å². The van der Waals surface area contributed by atoms with Gasteiger partial charge in [-0.15, -0.1) is 11.3 Å². The molecule has 1 amide bonds. The molecule has 1 atom stereocenters. The first-order valence-corrected chi connectivity index (χ1v) is 6.08. The third kappa shape index (κ3) is 2.79. The van der Waals surface area contributed by atoms with E-state index in [0.717, 1.165) is 29.9 Å². The Bertz CT molecular complexity index is 342. The summed E-state index contributed by atoms with van der Waals surface area (Å²) in [4.78, 5) is 12.8. The summed E-state index contributed by atoms with van der Waals surface area (Å²) in [7, 11) is 0. The van der Waals surface area contributed by atoms with Crippen molar-refractivity contribution in [3.8, 4) is 0 Å². The molecule has 0 unspecified atom stereocenters. The van der Waals surface area contributed by atoms with E-state index in [9.17, 15) is 4.79 Å². The lowest BCUT2D eigenvalue weighted by atomic mass is 10.2. The number of amides is 1. The maximum Gasteiger partial charge on any atom is 0.252 e. The molecule has 2 rings (SSSR count). The van der Waals surface area contributed by atoms with E-state index in [1.807, 2.05) is 18.4 Å². The molecule has 3 nitrogen and oxygen atoms in total.